The molecule has 0 aliphatic heterocycles. The summed E-state index contributed by atoms with van der Waals surface area (Å²) in [5.74, 6) is 1.12. The zero-order chi connectivity index (χ0) is 19.3. The Hall–Kier alpha value is -3.29. The first-order valence-electron chi connectivity index (χ1n) is 8.08. The average Bonchev–Trinajstić information content (AvgIpc) is 3.12. The van der Waals surface area contributed by atoms with Gasteiger partial charge in [-0.15, -0.1) is 10.2 Å². The van der Waals surface area contributed by atoms with Crippen LogP contribution in [0.5, 0.6) is 0 Å². The Labute approximate surface area is 156 Å². The molecule has 0 aliphatic rings. The van der Waals surface area contributed by atoms with Gasteiger partial charge in [-0.05, 0) is 49.4 Å². The van der Waals surface area contributed by atoms with E-state index in [1.54, 1.807) is 23.0 Å². The molecule has 0 amide bonds. The molecule has 0 atom stereocenters. The Kier molecular flexibility index (Phi) is 5.44. The molecule has 0 radical (unpaired) electrons. The summed E-state index contributed by atoms with van der Waals surface area (Å²) < 4.78 is 28.5. The van der Waals surface area contributed by atoms with Crippen LogP contribution in [0.15, 0.2) is 53.6 Å². The lowest BCUT2D eigenvalue weighted by molar-refractivity contribution is 0.583. The molecule has 27 heavy (non-hydrogen) atoms. The lowest BCUT2D eigenvalue weighted by atomic mass is 10.2. The summed E-state index contributed by atoms with van der Waals surface area (Å²) in [6.07, 6.45) is 1.80. The summed E-state index contributed by atoms with van der Waals surface area (Å²) in [7, 11) is -3.63. The van der Waals surface area contributed by atoms with E-state index in [2.05, 4.69) is 25.3 Å². The maximum atomic E-state index is 12.2. The van der Waals surface area contributed by atoms with Crippen molar-refractivity contribution in [1.82, 2.24) is 24.7 Å². The number of aryl methyl sites for hydroxylation is 1. The molecule has 2 heterocycles. The molecule has 2 aromatic heterocycles. The van der Waals surface area contributed by atoms with Crippen LogP contribution in [-0.2, 0) is 10.0 Å². The summed E-state index contributed by atoms with van der Waals surface area (Å²) in [6.45, 7) is 2.40. The van der Waals surface area contributed by atoms with Crippen LogP contribution in [0.25, 0.3) is 5.82 Å². The maximum absolute atomic E-state index is 12.2. The van der Waals surface area contributed by atoms with Crippen LogP contribution in [0.1, 0.15) is 11.3 Å². The van der Waals surface area contributed by atoms with Gasteiger partial charge in [0.05, 0.1) is 22.2 Å². The van der Waals surface area contributed by atoms with Crippen molar-refractivity contribution in [1.29, 1.82) is 5.26 Å². The Balaban J connectivity index is 1.51. The maximum Gasteiger partial charge on any atom is 0.240 e. The topological polar surface area (TPSA) is 126 Å². The van der Waals surface area contributed by atoms with Gasteiger partial charge >= 0.3 is 0 Å². The molecule has 9 nitrogen and oxygen atoms in total. The number of benzene rings is 1. The number of hydrogen-bond donors (Lipinski definition) is 2. The van der Waals surface area contributed by atoms with E-state index in [0.29, 0.717) is 23.7 Å². The van der Waals surface area contributed by atoms with E-state index in [1.165, 1.54) is 24.3 Å². The largest absolute Gasteiger partial charge is 0.367 e. The summed E-state index contributed by atoms with van der Waals surface area (Å²) in [5, 5.41) is 24.1. The van der Waals surface area contributed by atoms with E-state index in [9.17, 15) is 8.42 Å². The fraction of sp³-hybridized carbons (Fsp3) is 0.176. The van der Waals surface area contributed by atoms with Crippen molar-refractivity contribution in [2.24, 2.45) is 0 Å². The second-order valence-corrected chi connectivity index (χ2v) is 7.41. The van der Waals surface area contributed by atoms with Crippen LogP contribution in [0.3, 0.4) is 0 Å². The normalized spacial score (nSPS) is 11.1. The SMILES string of the molecule is Cc1ccn(-c2ccc(NCCNS(=O)(=O)c3ccc(C#N)cc3)nn2)n1. The third-order valence-electron chi connectivity index (χ3n) is 3.62. The number of anilines is 1. The van der Waals surface area contributed by atoms with Crippen LogP contribution < -0.4 is 10.0 Å². The first-order chi connectivity index (χ1) is 13.0. The zero-order valence-corrected chi connectivity index (χ0v) is 15.3. The summed E-state index contributed by atoms with van der Waals surface area (Å²) >= 11 is 0. The van der Waals surface area contributed by atoms with Gasteiger partial charge in [-0.25, -0.2) is 17.8 Å². The number of nitrogens with one attached hydrogen (secondary N) is 2. The fourth-order valence-electron chi connectivity index (χ4n) is 2.25. The van der Waals surface area contributed by atoms with Crippen LogP contribution in [0, 0.1) is 18.3 Å². The van der Waals surface area contributed by atoms with E-state index < -0.39 is 10.0 Å². The van der Waals surface area contributed by atoms with Gasteiger partial charge in [0.2, 0.25) is 10.0 Å². The van der Waals surface area contributed by atoms with Crippen LogP contribution in [0.4, 0.5) is 5.82 Å². The van der Waals surface area contributed by atoms with E-state index in [1.807, 2.05) is 19.1 Å². The van der Waals surface area contributed by atoms with E-state index in [4.69, 9.17) is 5.26 Å². The lowest BCUT2D eigenvalue weighted by Gasteiger charge is -2.08. The molecular weight excluding hydrogens is 366 g/mol. The smallest absolute Gasteiger partial charge is 0.240 e. The standard InChI is InChI=1S/C17H17N7O2S/c1-13-8-11-24(23-13)17-7-6-16(21-22-17)19-9-10-20-27(25,26)15-4-2-14(12-18)3-5-15/h2-8,11,20H,9-10H2,1H3,(H,19,21). The highest BCUT2D eigenvalue weighted by Crippen LogP contribution is 2.10. The Bertz CT molecular complexity index is 1050. The van der Waals surface area contributed by atoms with Crippen molar-refractivity contribution < 1.29 is 8.42 Å². The van der Waals surface area contributed by atoms with Crippen molar-refractivity contribution >= 4 is 15.8 Å². The first-order valence-corrected chi connectivity index (χ1v) is 9.56. The zero-order valence-electron chi connectivity index (χ0n) is 14.5. The van der Waals surface area contributed by atoms with Crippen molar-refractivity contribution in [3.63, 3.8) is 0 Å². The highest BCUT2D eigenvalue weighted by Gasteiger charge is 2.13. The molecule has 0 aliphatic carbocycles. The van der Waals surface area contributed by atoms with E-state index in [0.717, 1.165) is 5.69 Å². The molecule has 0 saturated carbocycles. The molecule has 138 valence electrons. The monoisotopic (exact) mass is 383 g/mol. The minimum absolute atomic E-state index is 0.111. The lowest BCUT2D eigenvalue weighted by Crippen LogP contribution is -2.29. The predicted molar refractivity (Wildman–Crippen MR) is 98.7 cm³/mol. The Morgan fingerprint density at radius 2 is 1.85 bits per heavy atom. The third kappa shape index (κ3) is 4.66. The number of nitriles is 1. The van der Waals surface area contributed by atoms with Gasteiger partial charge in [-0.2, -0.15) is 10.4 Å². The van der Waals surface area contributed by atoms with Crippen molar-refractivity contribution in [3.05, 3.63) is 59.9 Å². The molecule has 0 bridgehead atoms. The Morgan fingerprint density at radius 1 is 1.07 bits per heavy atom. The molecule has 0 fully saturated rings. The minimum atomic E-state index is -3.63. The number of rotatable bonds is 7. The van der Waals surface area contributed by atoms with Gasteiger partial charge in [-0.3, -0.25) is 0 Å². The molecule has 10 heteroatoms. The van der Waals surface area contributed by atoms with Crippen LogP contribution in [0.2, 0.25) is 0 Å². The highest BCUT2D eigenvalue weighted by molar-refractivity contribution is 7.89. The summed E-state index contributed by atoms with van der Waals surface area (Å²) in [5.41, 5.74) is 1.29. The molecule has 3 aromatic rings. The van der Waals surface area contributed by atoms with Crippen molar-refractivity contribution in [2.75, 3.05) is 18.4 Å². The van der Waals surface area contributed by atoms with E-state index >= 15 is 0 Å². The molecule has 0 unspecified atom stereocenters. The average molecular weight is 383 g/mol. The first kappa shape index (κ1) is 18.5. The van der Waals surface area contributed by atoms with Crippen molar-refractivity contribution in [3.8, 4) is 11.9 Å². The summed E-state index contributed by atoms with van der Waals surface area (Å²) in [6, 6.07) is 13.1. The van der Waals surface area contributed by atoms with Gasteiger partial charge in [-0.1, -0.05) is 0 Å². The van der Waals surface area contributed by atoms with Crippen LogP contribution in [-0.4, -0.2) is 41.5 Å². The number of sulfonamides is 1. The van der Waals surface area contributed by atoms with Gasteiger partial charge in [0.15, 0.2) is 5.82 Å². The van der Waals surface area contributed by atoms with Gasteiger partial charge in [0.1, 0.15) is 5.82 Å². The molecule has 0 spiro atoms. The van der Waals surface area contributed by atoms with Gasteiger partial charge in [0.25, 0.3) is 0 Å². The molecule has 1 aromatic carbocycles. The van der Waals surface area contributed by atoms with Gasteiger partial charge < -0.3 is 5.32 Å². The minimum Gasteiger partial charge on any atom is -0.367 e. The van der Waals surface area contributed by atoms with Crippen LogP contribution >= 0.6 is 0 Å². The number of hydrogen-bond acceptors (Lipinski definition) is 7. The van der Waals surface area contributed by atoms with Crippen molar-refractivity contribution in [2.45, 2.75) is 11.8 Å². The molecule has 0 saturated heterocycles. The molecular formula is C17H17N7O2S. The molecule has 3 rings (SSSR count). The predicted octanol–water partition coefficient (Wildman–Crippen LogP) is 1.23. The van der Waals surface area contributed by atoms with Gasteiger partial charge in [0, 0.05) is 19.3 Å². The fourth-order valence-corrected chi connectivity index (χ4v) is 3.28. The molecule has 2 N–H and O–H groups in total. The number of aromatic nitrogens is 4. The summed E-state index contributed by atoms with van der Waals surface area (Å²) in [4.78, 5) is 0.111. The number of nitrogens with zero attached hydrogens (tertiary/aromatic N) is 5. The third-order valence-corrected chi connectivity index (χ3v) is 5.10. The Morgan fingerprint density at radius 3 is 2.44 bits per heavy atom. The van der Waals surface area contributed by atoms with E-state index in [-0.39, 0.29) is 11.4 Å². The second-order valence-electron chi connectivity index (χ2n) is 5.64. The highest BCUT2D eigenvalue weighted by atomic mass is 32.2. The second kappa shape index (κ2) is 7.94. The quantitative estimate of drug-likeness (QED) is 0.588.